The molecule has 1 rings (SSSR count). The summed E-state index contributed by atoms with van der Waals surface area (Å²) in [4.78, 5) is 13.0. The summed E-state index contributed by atoms with van der Waals surface area (Å²) in [6, 6.07) is 0. The van der Waals surface area contributed by atoms with E-state index >= 15 is 0 Å². The fraction of sp³-hybridized carbons (Fsp3) is 0.300. The van der Waals surface area contributed by atoms with Gasteiger partial charge in [-0.2, -0.15) is 0 Å². The molecule has 1 heterocycles. The van der Waals surface area contributed by atoms with Crippen LogP contribution in [0.3, 0.4) is 0 Å². The summed E-state index contributed by atoms with van der Waals surface area (Å²) in [5, 5.41) is 2.74. The normalized spacial score (nSPS) is 14.4. The minimum absolute atomic E-state index is 0.0405. The van der Waals surface area contributed by atoms with Crippen LogP contribution in [0.1, 0.15) is 6.92 Å². The zero-order valence-electron chi connectivity index (χ0n) is 7.73. The highest BCUT2D eigenvalue weighted by molar-refractivity contribution is 5.78. The van der Waals surface area contributed by atoms with Gasteiger partial charge in [0.1, 0.15) is 6.54 Å². The second kappa shape index (κ2) is 5.19. The minimum atomic E-state index is 0.0405. The van der Waals surface area contributed by atoms with E-state index in [0.717, 1.165) is 0 Å². The molecule has 1 N–H and O–H groups in total. The lowest BCUT2D eigenvalue weighted by Gasteiger charge is -2.13. The first-order chi connectivity index (χ1) is 6.33. The van der Waals surface area contributed by atoms with E-state index in [-0.39, 0.29) is 5.91 Å². The van der Waals surface area contributed by atoms with Crippen LogP contribution in [0.5, 0.6) is 0 Å². The molecule has 0 saturated heterocycles. The molecule has 1 aliphatic heterocycles. The van der Waals surface area contributed by atoms with Gasteiger partial charge < -0.3 is 10.2 Å². The van der Waals surface area contributed by atoms with Crippen LogP contribution in [0.15, 0.2) is 36.7 Å². The molecular formula is C10H14N2O. The van der Waals surface area contributed by atoms with Gasteiger partial charge in [0, 0.05) is 18.9 Å². The zero-order valence-corrected chi connectivity index (χ0v) is 7.73. The summed E-state index contributed by atoms with van der Waals surface area (Å²) in [5.74, 6) is 0.0405. The van der Waals surface area contributed by atoms with E-state index in [9.17, 15) is 4.79 Å². The Morgan fingerprint density at radius 3 is 2.38 bits per heavy atom. The van der Waals surface area contributed by atoms with Crippen LogP contribution in [0.25, 0.3) is 0 Å². The van der Waals surface area contributed by atoms with E-state index in [1.807, 2.05) is 48.5 Å². The van der Waals surface area contributed by atoms with Crippen LogP contribution in [-0.4, -0.2) is 23.9 Å². The monoisotopic (exact) mass is 178 g/mol. The smallest absolute Gasteiger partial charge is 0.239 e. The summed E-state index contributed by atoms with van der Waals surface area (Å²) in [7, 11) is 0. The largest absolute Gasteiger partial charge is 0.355 e. The van der Waals surface area contributed by atoms with Crippen molar-refractivity contribution in [3.8, 4) is 0 Å². The molecule has 0 saturated carbocycles. The van der Waals surface area contributed by atoms with Crippen LogP contribution in [-0.2, 0) is 4.79 Å². The van der Waals surface area contributed by atoms with Gasteiger partial charge in [0.25, 0.3) is 0 Å². The Morgan fingerprint density at radius 1 is 1.23 bits per heavy atom. The maximum atomic E-state index is 11.2. The molecule has 0 atom stereocenters. The Kier molecular flexibility index (Phi) is 3.82. The van der Waals surface area contributed by atoms with E-state index in [4.69, 9.17) is 0 Å². The summed E-state index contributed by atoms with van der Waals surface area (Å²) in [6.07, 6.45) is 11.4. The summed E-state index contributed by atoms with van der Waals surface area (Å²) in [5.41, 5.74) is 0. The molecule has 3 nitrogen and oxygen atoms in total. The molecule has 0 aliphatic carbocycles. The summed E-state index contributed by atoms with van der Waals surface area (Å²) >= 11 is 0. The Hall–Kier alpha value is -1.51. The number of nitrogens with zero attached hydrogens (tertiary/aromatic N) is 1. The molecule has 1 amide bonds. The quantitative estimate of drug-likeness (QED) is 0.699. The number of nitrogens with one attached hydrogen (secondary N) is 1. The number of allylic oxidation sites excluding steroid dienone is 4. The van der Waals surface area contributed by atoms with Gasteiger partial charge in [-0.25, -0.2) is 0 Å². The van der Waals surface area contributed by atoms with Crippen molar-refractivity contribution >= 4 is 5.91 Å². The molecule has 0 radical (unpaired) electrons. The van der Waals surface area contributed by atoms with Crippen LogP contribution in [0, 0.1) is 0 Å². The average molecular weight is 178 g/mol. The zero-order chi connectivity index (χ0) is 9.52. The lowest BCUT2D eigenvalue weighted by atomic mass is 10.5. The molecule has 0 aromatic heterocycles. The van der Waals surface area contributed by atoms with E-state index in [1.165, 1.54) is 0 Å². The van der Waals surface area contributed by atoms with Crippen molar-refractivity contribution in [3.63, 3.8) is 0 Å². The van der Waals surface area contributed by atoms with Crippen molar-refractivity contribution in [2.24, 2.45) is 0 Å². The van der Waals surface area contributed by atoms with Gasteiger partial charge >= 0.3 is 0 Å². The molecular weight excluding hydrogens is 164 g/mol. The number of likely N-dealkylation sites (N-methyl/N-ethyl adjacent to an activating group) is 1. The SMILES string of the molecule is CCNC(=O)CN1C=CC=CC=C1. The lowest BCUT2D eigenvalue weighted by molar-refractivity contribution is -0.121. The molecule has 0 spiro atoms. The first-order valence-electron chi connectivity index (χ1n) is 4.37. The van der Waals surface area contributed by atoms with E-state index in [1.54, 1.807) is 0 Å². The highest BCUT2D eigenvalue weighted by atomic mass is 16.1. The predicted octanol–water partition coefficient (Wildman–Crippen LogP) is 1.02. The minimum Gasteiger partial charge on any atom is -0.355 e. The lowest BCUT2D eigenvalue weighted by Crippen LogP contribution is -2.32. The van der Waals surface area contributed by atoms with Crippen molar-refractivity contribution in [2.75, 3.05) is 13.1 Å². The first-order valence-corrected chi connectivity index (χ1v) is 4.37. The molecule has 70 valence electrons. The summed E-state index contributed by atoms with van der Waals surface area (Å²) in [6.45, 7) is 2.97. The van der Waals surface area contributed by atoms with Gasteiger partial charge in [0.05, 0.1) is 0 Å². The third-order valence-electron chi connectivity index (χ3n) is 1.59. The topological polar surface area (TPSA) is 32.3 Å². The average Bonchev–Trinajstić information content (AvgIpc) is 2.33. The second-order valence-electron chi connectivity index (χ2n) is 2.69. The molecule has 0 bridgehead atoms. The van der Waals surface area contributed by atoms with E-state index in [0.29, 0.717) is 13.1 Å². The van der Waals surface area contributed by atoms with Crippen molar-refractivity contribution in [1.29, 1.82) is 0 Å². The third kappa shape index (κ3) is 3.60. The van der Waals surface area contributed by atoms with Crippen molar-refractivity contribution < 1.29 is 4.79 Å². The number of hydrogen-bond donors (Lipinski definition) is 1. The van der Waals surface area contributed by atoms with Gasteiger partial charge in [-0.05, 0) is 19.1 Å². The Bertz CT molecular complexity index is 238. The Balaban J connectivity index is 2.40. The van der Waals surface area contributed by atoms with Crippen LogP contribution >= 0.6 is 0 Å². The standard InChI is InChI=1S/C10H14N2O/c1-2-11-10(13)9-12-7-5-3-4-6-8-12/h3-8H,2,9H2,1H3,(H,11,13). The van der Waals surface area contributed by atoms with Gasteiger partial charge in [-0.1, -0.05) is 12.2 Å². The second-order valence-corrected chi connectivity index (χ2v) is 2.69. The maximum Gasteiger partial charge on any atom is 0.239 e. The Morgan fingerprint density at radius 2 is 1.85 bits per heavy atom. The van der Waals surface area contributed by atoms with Crippen LogP contribution in [0.4, 0.5) is 0 Å². The number of carbonyl (C=O) groups excluding carboxylic acids is 1. The highest BCUT2D eigenvalue weighted by Gasteiger charge is 2.02. The van der Waals surface area contributed by atoms with Gasteiger partial charge in [-0.15, -0.1) is 0 Å². The van der Waals surface area contributed by atoms with Crippen molar-refractivity contribution in [2.45, 2.75) is 6.92 Å². The number of carbonyl (C=O) groups is 1. The molecule has 0 aromatic rings. The van der Waals surface area contributed by atoms with Gasteiger partial charge in [0.2, 0.25) is 5.91 Å². The molecule has 3 heteroatoms. The fourth-order valence-corrected chi connectivity index (χ4v) is 1.02. The third-order valence-corrected chi connectivity index (χ3v) is 1.59. The summed E-state index contributed by atoms with van der Waals surface area (Å²) < 4.78 is 0. The van der Waals surface area contributed by atoms with E-state index < -0.39 is 0 Å². The molecule has 0 unspecified atom stereocenters. The first kappa shape index (κ1) is 9.58. The highest BCUT2D eigenvalue weighted by Crippen LogP contribution is 1.97. The number of rotatable bonds is 3. The molecule has 1 aliphatic rings. The van der Waals surface area contributed by atoms with E-state index in [2.05, 4.69) is 5.32 Å². The van der Waals surface area contributed by atoms with Crippen LogP contribution < -0.4 is 5.32 Å². The maximum absolute atomic E-state index is 11.2. The fourth-order valence-electron chi connectivity index (χ4n) is 1.02. The Labute approximate surface area is 78.4 Å². The number of hydrogen-bond acceptors (Lipinski definition) is 2. The number of amides is 1. The van der Waals surface area contributed by atoms with Crippen LogP contribution in [0.2, 0.25) is 0 Å². The molecule has 13 heavy (non-hydrogen) atoms. The molecule has 0 aromatic carbocycles. The molecule has 0 fully saturated rings. The van der Waals surface area contributed by atoms with Gasteiger partial charge in [0.15, 0.2) is 0 Å². The van der Waals surface area contributed by atoms with Crippen molar-refractivity contribution in [3.05, 3.63) is 36.7 Å². The van der Waals surface area contributed by atoms with Gasteiger partial charge in [-0.3, -0.25) is 4.79 Å². The van der Waals surface area contributed by atoms with Crippen molar-refractivity contribution in [1.82, 2.24) is 10.2 Å². The predicted molar refractivity (Wildman–Crippen MR) is 52.8 cm³/mol.